The lowest BCUT2D eigenvalue weighted by Gasteiger charge is -2.38. The van der Waals surface area contributed by atoms with E-state index in [1.807, 2.05) is 0 Å². The van der Waals surface area contributed by atoms with Gasteiger partial charge in [0, 0.05) is 56.6 Å². The minimum Gasteiger partial charge on any atom is -0.368 e. The number of nitrogens with zero attached hydrogens (tertiary/aromatic N) is 5. The van der Waals surface area contributed by atoms with Crippen molar-refractivity contribution < 1.29 is 0 Å². The van der Waals surface area contributed by atoms with Crippen LogP contribution in [-0.4, -0.2) is 59.9 Å². The fraction of sp³-hybridized carbons (Fsp3) is 0.577. The molecule has 0 radical (unpaired) electrons. The average molecular weight is 480 g/mol. The van der Waals surface area contributed by atoms with Gasteiger partial charge in [-0.15, -0.1) is 0 Å². The minimum absolute atomic E-state index is 0.468. The van der Waals surface area contributed by atoms with Crippen LogP contribution in [0, 0.1) is 0 Å². The lowest BCUT2D eigenvalue weighted by Crippen LogP contribution is -2.47. The second kappa shape index (κ2) is 10.8. The molecule has 1 saturated carbocycles. The Labute approximate surface area is 208 Å². The van der Waals surface area contributed by atoms with Crippen LogP contribution in [0.3, 0.4) is 0 Å². The second-order valence-corrected chi connectivity index (χ2v) is 10.2. The third-order valence-electron chi connectivity index (χ3n) is 7.44. The molecule has 3 fully saturated rings. The van der Waals surface area contributed by atoms with Gasteiger partial charge in [0.2, 0.25) is 5.95 Å². The minimum atomic E-state index is 0.468. The predicted molar refractivity (Wildman–Crippen MR) is 145 cm³/mol. The van der Waals surface area contributed by atoms with Gasteiger partial charge < -0.3 is 25.3 Å². The molecule has 3 heterocycles. The number of nitrogens with one attached hydrogen (secondary N) is 2. The van der Waals surface area contributed by atoms with Gasteiger partial charge in [-0.2, -0.15) is 9.97 Å². The number of benzene rings is 1. The van der Waals surface area contributed by atoms with Crippen molar-refractivity contribution >= 4 is 40.6 Å². The number of hydrogen-bond acceptors (Lipinski definition) is 6. The number of piperazine rings is 1. The molecular formula is C26H37N7S. The molecule has 34 heavy (non-hydrogen) atoms. The van der Waals surface area contributed by atoms with Crippen molar-refractivity contribution in [1.29, 1.82) is 0 Å². The fourth-order valence-electron chi connectivity index (χ4n) is 5.45. The van der Waals surface area contributed by atoms with Gasteiger partial charge in [0.15, 0.2) is 5.11 Å². The summed E-state index contributed by atoms with van der Waals surface area (Å²) in [6, 6.07) is 13.8. The maximum atomic E-state index is 5.63. The standard InChI is InChI=1S/C26H37N7S/c1-20-9-7-8-14-33(20)24-19-23(28-25(29-24)30-26(34)27-21-10-5-6-11-21)32-17-15-31(16-18-32)22-12-3-2-4-13-22/h2-4,12-13,19-21H,5-11,14-18H2,1H3,(H2,27,28,29,30,34)/t20-/m0/s1. The van der Waals surface area contributed by atoms with Crippen molar-refractivity contribution in [2.45, 2.75) is 64.0 Å². The van der Waals surface area contributed by atoms with Crippen molar-refractivity contribution in [3.63, 3.8) is 0 Å². The number of para-hydroxylation sites is 1. The molecule has 2 aromatic rings. The van der Waals surface area contributed by atoms with E-state index in [-0.39, 0.29) is 0 Å². The van der Waals surface area contributed by atoms with Crippen molar-refractivity contribution in [3.05, 3.63) is 36.4 Å². The van der Waals surface area contributed by atoms with Gasteiger partial charge in [0.1, 0.15) is 11.6 Å². The molecule has 182 valence electrons. The summed E-state index contributed by atoms with van der Waals surface area (Å²) in [4.78, 5) is 17.1. The van der Waals surface area contributed by atoms with Gasteiger partial charge in [-0.25, -0.2) is 0 Å². The highest BCUT2D eigenvalue weighted by Crippen LogP contribution is 2.28. The molecule has 1 atom stereocenters. The molecule has 1 aromatic carbocycles. The van der Waals surface area contributed by atoms with Crippen LogP contribution in [0.15, 0.2) is 36.4 Å². The smallest absolute Gasteiger partial charge is 0.232 e. The number of hydrogen-bond donors (Lipinski definition) is 2. The molecule has 2 saturated heterocycles. The van der Waals surface area contributed by atoms with Crippen LogP contribution in [-0.2, 0) is 0 Å². The van der Waals surface area contributed by atoms with Crippen LogP contribution in [0.1, 0.15) is 51.9 Å². The molecule has 0 amide bonds. The number of rotatable bonds is 5. The summed E-state index contributed by atoms with van der Waals surface area (Å²) in [5.74, 6) is 2.60. The number of anilines is 4. The third kappa shape index (κ3) is 5.54. The SMILES string of the molecule is C[C@H]1CCCCN1c1cc(N2CCN(c3ccccc3)CC2)nc(NC(=S)NC2CCCC2)n1. The zero-order chi connectivity index (χ0) is 23.3. The lowest BCUT2D eigenvalue weighted by molar-refractivity contribution is 0.481. The molecule has 0 bridgehead atoms. The van der Waals surface area contributed by atoms with E-state index < -0.39 is 0 Å². The van der Waals surface area contributed by atoms with Crippen LogP contribution in [0.5, 0.6) is 0 Å². The largest absolute Gasteiger partial charge is 0.368 e. The summed E-state index contributed by atoms with van der Waals surface area (Å²) in [5, 5.41) is 7.41. The highest BCUT2D eigenvalue weighted by Gasteiger charge is 2.24. The van der Waals surface area contributed by atoms with Gasteiger partial charge in [0.05, 0.1) is 0 Å². The Morgan fingerprint density at radius 3 is 2.26 bits per heavy atom. The summed E-state index contributed by atoms with van der Waals surface area (Å²) in [6.45, 7) is 7.18. The first-order chi connectivity index (χ1) is 16.7. The molecule has 1 aromatic heterocycles. The van der Waals surface area contributed by atoms with Crippen LogP contribution in [0.2, 0.25) is 0 Å². The van der Waals surface area contributed by atoms with E-state index in [1.54, 1.807) is 0 Å². The fourth-order valence-corrected chi connectivity index (χ4v) is 5.71. The molecule has 0 spiro atoms. The zero-order valence-corrected chi connectivity index (χ0v) is 21.1. The Morgan fingerprint density at radius 2 is 1.53 bits per heavy atom. The van der Waals surface area contributed by atoms with E-state index in [0.717, 1.165) is 44.4 Å². The van der Waals surface area contributed by atoms with E-state index in [9.17, 15) is 0 Å². The quantitative estimate of drug-likeness (QED) is 0.612. The number of piperidine rings is 1. The van der Waals surface area contributed by atoms with Crippen molar-refractivity contribution in [1.82, 2.24) is 15.3 Å². The Bertz CT molecular complexity index is 955. The van der Waals surface area contributed by atoms with Crippen molar-refractivity contribution in [2.75, 3.05) is 52.7 Å². The first-order valence-electron chi connectivity index (χ1n) is 12.9. The number of thiocarbonyl (C=S) groups is 1. The molecular weight excluding hydrogens is 442 g/mol. The molecule has 8 heteroatoms. The van der Waals surface area contributed by atoms with Crippen molar-refractivity contribution in [2.24, 2.45) is 0 Å². The van der Waals surface area contributed by atoms with E-state index in [4.69, 9.17) is 22.2 Å². The molecule has 7 nitrogen and oxygen atoms in total. The Balaban J connectivity index is 1.33. The summed E-state index contributed by atoms with van der Waals surface area (Å²) in [7, 11) is 0. The summed E-state index contributed by atoms with van der Waals surface area (Å²) >= 11 is 5.63. The zero-order valence-electron chi connectivity index (χ0n) is 20.2. The predicted octanol–water partition coefficient (Wildman–Crippen LogP) is 4.41. The van der Waals surface area contributed by atoms with Gasteiger partial charge in [0.25, 0.3) is 0 Å². The summed E-state index contributed by atoms with van der Waals surface area (Å²) < 4.78 is 0. The Hall–Kier alpha value is -2.61. The molecule has 2 aliphatic heterocycles. The van der Waals surface area contributed by atoms with Crippen LogP contribution in [0.25, 0.3) is 0 Å². The summed E-state index contributed by atoms with van der Waals surface area (Å²) in [5.41, 5.74) is 1.29. The summed E-state index contributed by atoms with van der Waals surface area (Å²) in [6.07, 6.45) is 8.63. The second-order valence-electron chi connectivity index (χ2n) is 9.84. The van der Waals surface area contributed by atoms with Crippen LogP contribution >= 0.6 is 12.2 Å². The number of aromatic nitrogens is 2. The van der Waals surface area contributed by atoms with Gasteiger partial charge in [-0.1, -0.05) is 31.0 Å². The first kappa shape index (κ1) is 23.1. The maximum absolute atomic E-state index is 5.63. The molecule has 2 N–H and O–H groups in total. The highest BCUT2D eigenvalue weighted by molar-refractivity contribution is 7.80. The lowest BCUT2D eigenvalue weighted by atomic mass is 10.0. The Morgan fingerprint density at radius 1 is 0.853 bits per heavy atom. The van der Waals surface area contributed by atoms with Gasteiger partial charge >= 0.3 is 0 Å². The molecule has 5 rings (SSSR count). The molecule has 0 unspecified atom stereocenters. The van der Waals surface area contributed by atoms with Gasteiger partial charge in [-0.05, 0) is 63.4 Å². The van der Waals surface area contributed by atoms with Gasteiger partial charge in [-0.3, -0.25) is 0 Å². The van der Waals surface area contributed by atoms with E-state index in [2.05, 4.69) is 68.7 Å². The average Bonchev–Trinajstić information content (AvgIpc) is 3.37. The normalized spacial score (nSPS) is 21.6. The van der Waals surface area contributed by atoms with E-state index in [0.29, 0.717) is 23.1 Å². The highest BCUT2D eigenvalue weighted by atomic mass is 32.1. The Kier molecular flexibility index (Phi) is 7.33. The van der Waals surface area contributed by atoms with Crippen LogP contribution < -0.4 is 25.3 Å². The van der Waals surface area contributed by atoms with Crippen molar-refractivity contribution in [3.8, 4) is 0 Å². The first-order valence-corrected chi connectivity index (χ1v) is 13.3. The maximum Gasteiger partial charge on any atom is 0.232 e. The monoisotopic (exact) mass is 479 g/mol. The topological polar surface area (TPSA) is 59.6 Å². The third-order valence-corrected chi connectivity index (χ3v) is 7.66. The van der Waals surface area contributed by atoms with E-state index >= 15 is 0 Å². The van der Waals surface area contributed by atoms with E-state index in [1.165, 1.54) is 50.6 Å². The molecule has 1 aliphatic carbocycles. The molecule has 3 aliphatic rings. The van der Waals surface area contributed by atoms with Crippen LogP contribution in [0.4, 0.5) is 23.3 Å².